The third-order valence-electron chi connectivity index (χ3n) is 7.44. The molecular formula is C27H34FN7O. The molecule has 1 N–H and O–H groups in total. The molecule has 8 nitrogen and oxygen atoms in total. The average Bonchev–Trinajstić information content (AvgIpc) is 3.50. The van der Waals surface area contributed by atoms with Crippen LogP contribution in [0, 0.1) is 5.82 Å². The Kier molecular flexibility index (Phi) is 5.94. The van der Waals surface area contributed by atoms with Crippen LogP contribution < -0.4 is 4.90 Å². The topological polar surface area (TPSA) is 64.9 Å². The number of aromatic amines is 1. The second-order valence-corrected chi connectivity index (χ2v) is 10.8. The number of fused-ring (bicyclic) bond motifs is 2. The Hall–Kier alpha value is -3.01. The molecule has 9 heteroatoms. The van der Waals surface area contributed by atoms with Gasteiger partial charge in [0.25, 0.3) is 0 Å². The first kappa shape index (κ1) is 23.4. The van der Waals surface area contributed by atoms with Crippen molar-refractivity contribution in [2.45, 2.75) is 32.9 Å². The second kappa shape index (κ2) is 9.14. The summed E-state index contributed by atoms with van der Waals surface area (Å²) in [5.74, 6) is 0.650. The average molecular weight is 492 g/mol. The maximum absolute atomic E-state index is 15.2. The molecule has 0 aliphatic carbocycles. The van der Waals surface area contributed by atoms with Gasteiger partial charge in [0.1, 0.15) is 11.6 Å². The fourth-order valence-corrected chi connectivity index (χ4v) is 5.40. The lowest BCUT2D eigenvalue weighted by molar-refractivity contribution is 0.0585. The summed E-state index contributed by atoms with van der Waals surface area (Å²) >= 11 is 0. The molecule has 0 amide bonds. The predicted molar refractivity (Wildman–Crippen MR) is 140 cm³/mol. The van der Waals surface area contributed by atoms with Gasteiger partial charge in [-0.2, -0.15) is 9.61 Å². The minimum absolute atomic E-state index is 0.195. The lowest BCUT2D eigenvalue weighted by atomic mass is 10.0. The molecule has 0 saturated carbocycles. The largest absolute Gasteiger partial charge is 0.378 e. The molecule has 0 unspecified atom stereocenters. The number of halogens is 1. The first-order valence-electron chi connectivity index (χ1n) is 12.8. The number of rotatable bonds is 4. The van der Waals surface area contributed by atoms with Crippen LogP contribution in [-0.2, 0) is 11.3 Å². The van der Waals surface area contributed by atoms with Crippen molar-refractivity contribution < 1.29 is 9.13 Å². The molecule has 1 aromatic carbocycles. The van der Waals surface area contributed by atoms with Crippen molar-refractivity contribution in [2.24, 2.45) is 0 Å². The van der Waals surface area contributed by atoms with E-state index in [9.17, 15) is 0 Å². The molecule has 0 spiro atoms. The summed E-state index contributed by atoms with van der Waals surface area (Å²) in [5.41, 5.74) is 3.96. The Balaban J connectivity index is 1.37. The highest BCUT2D eigenvalue weighted by atomic mass is 19.1. The van der Waals surface area contributed by atoms with Crippen LogP contribution in [0.2, 0.25) is 0 Å². The number of hydrogen-bond donors (Lipinski definition) is 1. The molecule has 0 radical (unpaired) electrons. The van der Waals surface area contributed by atoms with E-state index in [1.54, 1.807) is 6.07 Å². The predicted octanol–water partition coefficient (Wildman–Crippen LogP) is 3.77. The number of H-pyrrole nitrogens is 1. The van der Waals surface area contributed by atoms with Crippen LogP contribution in [0.25, 0.3) is 27.8 Å². The van der Waals surface area contributed by atoms with Crippen molar-refractivity contribution in [3.8, 4) is 11.3 Å². The monoisotopic (exact) mass is 491 g/mol. The number of hydrogen-bond acceptors (Lipinski definition) is 6. The van der Waals surface area contributed by atoms with Gasteiger partial charge in [0.15, 0.2) is 5.65 Å². The second-order valence-electron chi connectivity index (χ2n) is 10.8. The molecule has 0 atom stereocenters. The van der Waals surface area contributed by atoms with E-state index in [-0.39, 0.29) is 11.4 Å². The van der Waals surface area contributed by atoms with E-state index >= 15 is 4.39 Å². The van der Waals surface area contributed by atoms with E-state index in [1.807, 2.05) is 22.8 Å². The summed E-state index contributed by atoms with van der Waals surface area (Å²) in [6.07, 6.45) is 1.84. The Labute approximate surface area is 210 Å². The molecule has 2 aliphatic heterocycles. The molecule has 36 heavy (non-hydrogen) atoms. The molecule has 5 heterocycles. The maximum Gasteiger partial charge on any atom is 0.158 e. The normalized spacial score (nSPS) is 18.5. The highest BCUT2D eigenvalue weighted by Gasteiger charge is 2.27. The number of nitrogens with one attached hydrogen (secondary N) is 1. The first-order chi connectivity index (χ1) is 17.4. The van der Waals surface area contributed by atoms with Crippen LogP contribution in [0.4, 0.5) is 10.2 Å². The van der Waals surface area contributed by atoms with Gasteiger partial charge < -0.3 is 14.6 Å². The lowest BCUT2D eigenvalue weighted by Gasteiger charge is -2.42. The molecule has 2 fully saturated rings. The number of benzene rings is 1. The van der Waals surface area contributed by atoms with Gasteiger partial charge in [-0.3, -0.25) is 9.80 Å². The number of nitrogens with zero attached hydrogens (tertiary/aromatic N) is 6. The fraction of sp³-hybridized carbons (Fsp3) is 0.481. The van der Waals surface area contributed by atoms with Gasteiger partial charge in [-0.1, -0.05) is 0 Å². The Morgan fingerprint density at radius 1 is 1.00 bits per heavy atom. The Bertz CT molecular complexity index is 1370. The summed E-state index contributed by atoms with van der Waals surface area (Å²) in [5, 5.41) is 5.81. The Morgan fingerprint density at radius 3 is 2.53 bits per heavy atom. The fourth-order valence-electron chi connectivity index (χ4n) is 5.40. The number of anilines is 1. The summed E-state index contributed by atoms with van der Waals surface area (Å²) in [4.78, 5) is 15.4. The van der Waals surface area contributed by atoms with Crippen molar-refractivity contribution in [2.75, 3.05) is 57.4 Å². The van der Waals surface area contributed by atoms with Crippen molar-refractivity contribution in [3.63, 3.8) is 0 Å². The SMILES string of the molecule is CC(C)(C)N1CCN(Cc2cc3nc(-c4c(F)ccc5[nH]ccc45)cc(N4CCOCC4)n3n2)CC1. The van der Waals surface area contributed by atoms with Crippen molar-refractivity contribution in [1.82, 2.24) is 29.4 Å². The van der Waals surface area contributed by atoms with Gasteiger partial charge in [-0.25, -0.2) is 9.37 Å². The third kappa shape index (κ3) is 4.36. The zero-order valence-electron chi connectivity index (χ0n) is 21.3. The number of aromatic nitrogens is 4. The molecular weight excluding hydrogens is 457 g/mol. The number of piperazine rings is 1. The van der Waals surface area contributed by atoms with Crippen LogP contribution >= 0.6 is 0 Å². The van der Waals surface area contributed by atoms with Gasteiger partial charge >= 0.3 is 0 Å². The van der Waals surface area contributed by atoms with Crippen molar-refractivity contribution in [1.29, 1.82) is 0 Å². The zero-order chi connectivity index (χ0) is 24.9. The van der Waals surface area contributed by atoms with E-state index in [4.69, 9.17) is 14.8 Å². The highest BCUT2D eigenvalue weighted by Crippen LogP contribution is 2.33. The van der Waals surface area contributed by atoms with E-state index in [0.29, 0.717) is 24.5 Å². The van der Waals surface area contributed by atoms with Gasteiger partial charge in [0.05, 0.1) is 24.6 Å². The standard InChI is InChI=1S/C27H34FN7O/c1-27(2,3)34-10-8-32(9-11-34)18-19-16-24-30-23(26-20-6-7-29-22(20)5-4-21(26)28)17-25(35(24)31-19)33-12-14-36-15-13-33/h4-7,16-17,29H,8-15,18H2,1-3H3. The van der Waals surface area contributed by atoms with Crippen LogP contribution in [0.15, 0.2) is 36.5 Å². The van der Waals surface area contributed by atoms with Gasteiger partial charge in [-0.05, 0) is 39.0 Å². The summed E-state index contributed by atoms with van der Waals surface area (Å²) < 4.78 is 22.7. The van der Waals surface area contributed by atoms with Gasteiger partial charge in [0, 0.05) is 86.1 Å². The van der Waals surface area contributed by atoms with Gasteiger partial charge in [-0.15, -0.1) is 0 Å². The molecule has 190 valence electrons. The summed E-state index contributed by atoms with van der Waals surface area (Å²) in [6.45, 7) is 14.6. The molecule has 4 aromatic rings. The number of ether oxygens (including phenoxy) is 1. The van der Waals surface area contributed by atoms with E-state index in [0.717, 1.165) is 73.9 Å². The van der Waals surface area contributed by atoms with Crippen LogP contribution in [0.5, 0.6) is 0 Å². The minimum Gasteiger partial charge on any atom is -0.378 e. The van der Waals surface area contributed by atoms with Gasteiger partial charge in [0.2, 0.25) is 0 Å². The van der Waals surface area contributed by atoms with Crippen molar-refractivity contribution in [3.05, 3.63) is 48.0 Å². The molecule has 2 saturated heterocycles. The first-order valence-corrected chi connectivity index (χ1v) is 12.8. The van der Waals surface area contributed by atoms with E-state index < -0.39 is 0 Å². The smallest absolute Gasteiger partial charge is 0.158 e. The lowest BCUT2D eigenvalue weighted by Crippen LogP contribution is -2.53. The number of morpholine rings is 1. The van der Waals surface area contributed by atoms with E-state index in [1.165, 1.54) is 6.07 Å². The third-order valence-corrected chi connectivity index (χ3v) is 7.44. The molecule has 6 rings (SSSR count). The van der Waals surface area contributed by atoms with Crippen LogP contribution in [-0.4, -0.2) is 87.4 Å². The quantitative estimate of drug-likeness (QED) is 0.469. The summed E-state index contributed by atoms with van der Waals surface area (Å²) in [6, 6.07) is 9.22. The van der Waals surface area contributed by atoms with Crippen LogP contribution in [0.3, 0.4) is 0 Å². The van der Waals surface area contributed by atoms with Crippen LogP contribution in [0.1, 0.15) is 26.5 Å². The van der Waals surface area contributed by atoms with Crippen molar-refractivity contribution >= 4 is 22.4 Å². The zero-order valence-corrected chi connectivity index (χ0v) is 21.3. The van der Waals surface area contributed by atoms with E-state index in [2.05, 4.69) is 46.5 Å². The maximum atomic E-state index is 15.2. The highest BCUT2D eigenvalue weighted by molar-refractivity contribution is 5.95. The molecule has 2 aliphatic rings. The molecule has 0 bridgehead atoms. The Morgan fingerprint density at radius 2 is 1.78 bits per heavy atom. The molecule has 3 aromatic heterocycles. The minimum atomic E-state index is -0.275. The summed E-state index contributed by atoms with van der Waals surface area (Å²) in [7, 11) is 0.